The third kappa shape index (κ3) is 3.29. The number of aromatic nitrogens is 3. The summed E-state index contributed by atoms with van der Waals surface area (Å²) in [7, 11) is 1.67. The Labute approximate surface area is 128 Å². The van der Waals surface area contributed by atoms with Gasteiger partial charge in [-0.3, -0.25) is 4.98 Å². The molecule has 0 bridgehead atoms. The van der Waals surface area contributed by atoms with E-state index in [-0.39, 0.29) is 0 Å². The van der Waals surface area contributed by atoms with Crippen molar-refractivity contribution in [3.05, 3.63) is 48.9 Å². The fourth-order valence-corrected chi connectivity index (χ4v) is 2.15. The molecule has 3 aromatic rings. The Hall–Kier alpha value is -2.73. The molecule has 112 valence electrons. The predicted octanol–water partition coefficient (Wildman–Crippen LogP) is 2.83. The van der Waals surface area contributed by atoms with Crippen LogP contribution >= 0.6 is 0 Å². The summed E-state index contributed by atoms with van der Waals surface area (Å²) in [6.07, 6.45) is 3.31. The fraction of sp³-hybridized carbons (Fsp3) is 0.188. The minimum absolute atomic E-state index is 0.625. The average molecular weight is 295 g/mol. The van der Waals surface area contributed by atoms with Crippen LogP contribution < -0.4 is 10.6 Å². The highest BCUT2D eigenvalue weighted by Gasteiger charge is 2.04. The number of ether oxygens (including phenoxy) is 1. The molecule has 1 aromatic carbocycles. The number of rotatable bonds is 6. The highest BCUT2D eigenvalue weighted by atomic mass is 16.5. The van der Waals surface area contributed by atoms with Crippen molar-refractivity contribution in [2.45, 2.75) is 0 Å². The van der Waals surface area contributed by atoms with Crippen LogP contribution in [0, 0.1) is 0 Å². The van der Waals surface area contributed by atoms with Gasteiger partial charge in [0.25, 0.3) is 0 Å². The number of pyridine rings is 1. The van der Waals surface area contributed by atoms with Gasteiger partial charge >= 0.3 is 0 Å². The number of methoxy groups -OCH3 is 1. The van der Waals surface area contributed by atoms with Gasteiger partial charge in [-0.05, 0) is 12.1 Å². The molecule has 6 heteroatoms. The lowest BCUT2D eigenvalue weighted by Gasteiger charge is -2.10. The van der Waals surface area contributed by atoms with Crippen LogP contribution in [0.15, 0.2) is 48.9 Å². The Morgan fingerprint density at radius 3 is 2.82 bits per heavy atom. The monoisotopic (exact) mass is 295 g/mol. The van der Waals surface area contributed by atoms with Gasteiger partial charge in [0.2, 0.25) is 0 Å². The van der Waals surface area contributed by atoms with Crippen molar-refractivity contribution in [1.82, 2.24) is 15.0 Å². The molecule has 0 amide bonds. The minimum atomic E-state index is 0.625. The molecule has 0 aliphatic carbocycles. The standard InChI is InChI=1S/C16H17N5O/c1-22-9-8-17-14-10-15(20-11-19-14)21-13-6-2-4-12-5-3-7-18-16(12)13/h2-7,10-11H,8-9H2,1H3,(H2,17,19,20,21). The summed E-state index contributed by atoms with van der Waals surface area (Å²) in [4.78, 5) is 12.9. The van der Waals surface area contributed by atoms with E-state index in [4.69, 9.17) is 4.74 Å². The normalized spacial score (nSPS) is 10.6. The van der Waals surface area contributed by atoms with Crippen molar-refractivity contribution in [3.8, 4) is 0 Å². The summed E-state index contributed by atoms with van der Waals surface area (Å²) >= 11 is 0. The molecule has 2 aromatic heterocycles. The first-order chi connectivity index (χ1) is 10.9. The predicted molar refractivity (Wildman–Crippen MR) is 87.4 cm³/mol. The van der Waals surface area contributed by atoms with Crippen LogP contribution in [0.4, 0.5) is 17.3 Å². The SMILES string of the molecule is COCCNc1cc(Nc2cccc3cccnc23)ncn1. The summed E-state index contributed by atoms with van der Waals surface area (Å²) in [5.74, 6) is 1.47. The quantitative estimate of drug-likeness (QED) is 0.681. The second kappa shape index (κ2) is 6.82. The number of benzene rings is 1. The molecule has 2 heterocycles. The zero-order valence-electron chi connectivity index (χ0n) is 12.3. The highest BCUT2D eigenvalue weighted by Crippen LogP contribution is 2.24. The van der Waals surface area contributed by atoms with E-state index in [1.807, 2.05) is 36.4 Å². The molecule has 0 atom stereocenters. The summed E-state index contributed by atoms with van der Waals surface area (Å²) in [5.41, 5.74) is 1.83. The van der Waals surface area contributed by atoms with Crippen molar-refractivity contribution in [3.63, 3.8) is 0 Å². The highest BCUT2D eigenvalue weighted by molar-refractivity contribution is 5.91. The molecule has 0 fully saturated rings. The Bertz CT molecular complexity index is 757. The van der Waals surface area contributed by atoms with Crippen LogP contribution in [0.25, 0.3) is 10.9 Å². The third-order valence-electron chi connectivity index (χ3n) is 3.17. The van der Waals surface area contributed by atoms with E-state index < -0.39 is 0 Å². The number of para-hydroxylation sites is 1. The van der Waals surface area contributed by atoms with Crippen molar-refractivity contribution < 1.29 is 4.74 Å². The Morgan fingerprint density at radius 1 is 1.05 bits per heavy atom. The van der Waals surface area contributed by atoms with E-state index in [1.54, 1.807) is 13.3 Å². The van der Waals surface area contributed by atoms with E-state index in [0.717, 1.165) is 22.4 Å². The molecule has 0 aliphatic rings. The maximum Gasteiger partial charge on any atom is 0.135 e. The lowest BCUT2D eigenvalue weighted by molar-refractivity contribution is 0.210. The first-order valence-corrected chi connectivity index (χ1v) is 7.02. The molecule has 0 radical (unpaired) electrons. The molecular weight excluding hydrogens is 278 g/mol. The van der Waals surface area contributed by atoms with Crippen LogP contribution in [-0.4, -0.2) is 35.2 Å². The fourth-order valence-electron chi connectivity index (χ4n) is 2.15. The van der Waals surface area contributed by atoms with Gasteiger partial charge in [-0.25, -0.2) is 9.97 Å². The third-order valence-corrected chi connectivity index (χ3v) is 3.17. The second-order valence-corrected chi connectivity index (χ2v) is 4.71. The summed E-state index contributed by atoms with van der Waals surface area (Å²) in [5, 5.41) is 7.55. The van der Waals surface area contributed by atoms with Gasteiger partial charge in [-0.2, -0.15) is 0 Å². The lowest BCUT2D eigenvalue weighted by atomic mass is 10.2. The first kappa shape index (κ1) is 14.2. The number of hydrogen-bond acceptors (Lipinski definition) is 6. The molecule has 6 nitrogen and oxygen atoms in total. The number of anilines is 3. The van der Waals surface area contributed by atoms with Gasteiger partial charge in [-0.1, -0.05) is 18.2 Å². The van der Waals surface area contributed by atoms with Crippen molar-refractivity contribution in [1.29, 1.82) is 0 Å². The summed E-state index contributed by atoms with van der Waals surface area (Å²) in [6, 6.07) is 11.8. The topological polar surface area (TPSA) is 72.0 Å². The molecule has 0 unspecified atom stereocenters. The summed E-state index contributed by atoms with van der Waals surface area (Å²) in [6.45, 7) is 1.32. The van der Waals surface area contributed by atoms with Gasteiger partial charge in [0.15, 0.2) is 0 Å². The molecule has 2 N–H and O–H groups in total. The van der Waals surface area contributed by atoms with Gasteiger partial charge in [0, 0.05) is 31.3 Å². The molecular formula is C16H17N5O. The van der Waals surface area contributed by atoms with E-state index in [2.05, 4.69) is 25.6 Å². The van der Waals surface area contributed by atoms with Gasteiger partial charge in [0.1, 0.15) is 18.0 Å². The van der Waals surface area contributed by atoms with E-state index in [0.29, 0.717) is 19.0 Å². The minimum Gasteiger partial charge on any atom is -0.383 e. The Kier molecular flexibility index (Phi) is 4.41. The van der Waals surface area contributed by atoms with Crippen LogP contribution in [0.5, 0.6) is 0 Å². The molecule has 0 aliphatic heterocycles. The lowest BCUT2D eigenvalue weighted by Crippen LogP contribution is -2.09. The number of hydrogen-bond donors (Lipinski definition) is 2. The van der Waals surface area contributed by atoms with Crippen molar-refractivity contribution in [2.75, 3.05) is 30.9 Å². The Morgan fingerprint density at radius 2 is 1.91 bits per heavy atom. The van der Waals surface area contributed by atoms with Crippen LogP contribution in [0.3, 0.4) is 0 Å². The van der Waals surface area contributed by atoms with Gasteiger partial charge in [-0.15, -0.1) is 0 Å². The van der Waals surface area contributed by atoms with Gasteiger partial charge < -0.3 is 15.4 Å². The van der Waals surface area contributed by atoms with Crippen LogP contribution in [-0.2, 0) is 4.74 Å². The van der Waals surface area contributed by atoms with E-state index in [1.165, 1.54) is 6.33 Å². The molecule has 0 saturated heterocycles. The first-order valence-electron chi connectivity index (χ1n) is 7.02. The molecule has 22 heavy (non-hydrogen) atoms. The Balaban J connectivity index is 1.81. The zero-order chi connectivity index (χ0) is 15.2. The number of fused-ring (bicyclic) bond motifs is 1. The van der Waals surface area contributed by atoms with Crippen LogP contribution in [0.2, 0.25) is 0 Å². The second-order valence-electron chi connectivity index (χ2n) is 4.71. The van der Waals surface area contributed by atoms with Crippen molar-refractivity contribution in [2.24, 2.45) is 0 Å². The molecule has 3 rings (SSSR count). The largest absolute Gasteiger partial charge is 0.383 e. The van der Waals surface area contributed by atoms with Gasteiger partial charge in [0.05, 0.1) is 17.8 Å². The van der Waals surface area contributed by atoms with E-state index >= 15 is 0 Å². The number of nitrogens with zero attached hydrogens (tertiary/aromatic N) is 3. The zero-order valence-corrected chi connectivity index (χ0v) is 12.3. The molecule has 0 spiro atoms. The maximum atomic E-state index is 5.01. The summed E-state index contributed by atoms with van der Waals surface area (Å²) < 4.78 is 5.01. The number of nitrogens with one attached hydrogen (secondary N) is 2. The van der Waals surface area contributed by atoms with Crippen LogP contribution in [0.1, 0.15) is 0 Å². The average Bonchev–Trinajstić information content (AvgIpc) is 2.56. The smallest absolute Gasteiger partial charge is 0.135 e. The molecule has 0 saturated carbocycles. The van der Waals surface area contributed by atoms with Crippen molar-refractivity contribution >= 4 is 28.2 Å². The maximum absolute atomic E-state index is 5.01. The van der Waals surface area contributed by atoms with E-state index in [9.17, 15) is 0 Å².